The predicted octanol–water partition coefficient (Wildman–Crippen LogP) is 4.37. The Morgan fingerprint density at radius 3 is 2.44 bits per heavy atom. The molecule has 0 aliphatic heterocycles. The second-order valence-electron chi connectivity index (χ2n) is 6.10. The van der Waals surface area contributed by atoms with Crippen molar-refractivity contribution in [3.63, 3.8) is 0 Å². The van der Waals surface area contributed by atoms with E-state index in [1.165, 1.54) is 14.0 Å². The zero-order valence-corrected chi connectivity index (χ0v) is 16.4. The van der Waals surface area contributed by atoms with E-state index in [-0.39, 0.29) is 11.8 Å². The van der Waals surface area contributed by atoms with Crippen molar-refractivity contribution in [3.05, 3.63) is 58.7 Å². The summed E-state index contributed by atoms with van der Waals surface area (Å²) < 4.78 is 7.29. The van der Waals surface area contributed by atoms with Gasteiger partial charge in [0.15, 0.2) is 0 Å². The lowest BCUT2D eigenvalue weighted by Gasteiger charge is -2.13. The van der Waals surface area contributed by atoms with Crippen LogP contribution in [0.5, 0.6) is 5.75 Å². The van der Waals surface area contributed by atoms with Gasteiger partial charge in [-0.05, 0) is 49.7 Å². The van der Waals surface area contributed by atoms with E-state index in [4.69, 9.17) is 4.74 Å². The SMILES string of the molecule is COc1ccc(NC(C)=O)cc1NC(=O)c1c(-n2cccc2)sc(C)c1C. The van der Waals surface area contributed by atoms with Crippen molar-refractivity contribution in [3.8, 4) is 10.8 Å². The van der Waals surface area contributed by atoms with Crippen LogP contribution in [-0.4, -0.2) is 23.5 Å². The Bertz CT molecular complexity index is 990. The minimum absolute atomic E-state index is 0.184. The van der Waals surface area contributed by atoms with Crippen LogP contribution >= 0.6 is 11.3 Å². The third-order valence-electron chi connectivity index (χ3n) is 4.20. The molecule has 0 saturated carbocycles. The molecule has 1 aromatic carbocycles. The molecule has 3 aromatic rings. The Morgan fingerprint density at radius 2 is 1.81 bits per heavy atom. The highest BCUT2D eigenvalue weighted by Gasteiger charge is 2.21. The van der Waals surface area contributed by atoms with Crippen LogP contribution in [0.2, 0.25) is 0 Å². The number of thiophene rings is 1. The number of carbonyl (C=O) groups excluding carboxylic acids is 2. The van der Waals surface area contributed by atoms with Gasteiger partial charge in [0.1, 0.15) is 10.8 Å². The van der Waals surface area contributed by atoms with Gasteiger partial charge in [0, 0.05) is 29.9 Å². The van der Waals surface area contributed by atoms with Gasteiger partial charge in [-0.15, -0.1) is 11.3 Å². The molecule has 0 radical (unpaired) electrons. The molecule has 0 atom stereocenters. The molecular weight excluding hydrogens is 362 g/mol. The van der Waals surface area contributed by atoms with Crippen molar-refractivity contribution >= 4 is 34.5 Å². The summed E-state index contributed by atoms with van der Waals surface area (Å²) in [7, 11) is 1.54. The van der Waals surface area contributed by atoms with E-state index in [2.05, 4.69) is 10.6 Å². The monoisotopic (exact) mass is 383 g/mol. The molecule has 0 spiro atoms. The van der Waals surface area contributed by atoms with Gasteiger partial charge >= 0.3 is 0 Å². The Kier molecular flexibility index (Phi) is 5.32. The number of benzene rings is 1. The Balaban J connectivity index is 1.98. The summed E-state index contributed by atoms with van der Waals surface area (Å²) in [5.74, 6) is 0.111. The average molecular weight is 383 g/mol. The highest BCUT2D eigenvalue weighted by molar-refractivity contribution is 7.15. The number of anilines is 2. The molecule has 0 bridgehead atoms. The smallest absolute Gasteiger partial charge is 0.259 e. The molecule has 2 heterocycles. The quantitative estimate of drug-likeness (QED) is 0.687. The summed E-state index contributed by atoms with van der Waals surface area (Å²) >= 11 is 1.57. The molecule has 2 N–H and O–H groups in total. The summed E-state index contributed by atoms with van der Waals surface area (Å²) in [6.07, 6.45) is 3.83. The maximum Gasteiger partial charge on any atom is 0.259 e. The van der Waals surface area contributed by atoms with E-state index in [9.17, 15) is 9.59 Å². The van der Waals surface area contributed by atoms with Crippen LogP contribution in [0.25, 0.3) is 5.00 Å². The zero-order valence-electron chi connectivity index (χ0n) is 15.6. The number of methoxy groups -OCH3 is 1. The molecule has 0 aliphatic rings. The van der Waals surface area contributed by atoms with Gasteiger partial charge in [0.05, 0.1) is 18.4 Å². The summed E-state index contributed by atoms with van der Waals surface area (Å²) in [5.41, 5.74) is 2.65. The van der Waals surface area contributed by atoms with Crippen molar-refractivity contribution in [2.45, 2.75) is 20.8 Å². The fraction of sp³-hybridized carbons (Fsp3) is 0.200. The van der Waals surface area contributed by atoms with Gasteiger partial charge in [-0.1, -0.05) is 0 Å². The third kappa shape index (κ3) is 3.88. The van der Waals surface area contributed by atoms with Crippen molar-refractivity contribution in [2.24, 2.45) is 0 Å². The minimum atomic E-state index is -0.223. The molecule has 0 aliphatic carbocycles. The first kappa shape index (κ1) is 18.7. The zero-order chi connectivity index (χ0) is 19.6. The molecule has 27 heavy (non-hydrogen) atoms. The number of carbonyl (C=O) groups is 2. The van der Waals surface area contributed by atoms with E-state index < -0.39 is 0 Å². The number of hydrogen-bond acceptors (Lipinski definition) is 4. The fourth-order valence-electron chi connectivity index (χ4n) is 2.80. The molecule has 6 nitrogen and oxygen atoms in total. The predicted molar refractivity (Wildman–Crippen MR) is 108 cm³/mol. The molecular formula is C20H21N3O3S. The average Bonchev–Trinajstić information content (AvgIpc) is 3.23. The molecule has 3 rings (SSSR count). The van der Waals surface area contributed by atoms with E-state index >= 15 is 0 Å². The lowest BCUT2D eigenvalue weighted by molar-refractivity contribution is -0.114. The fourth-order valence-corrected chi connectivity index (χ4v) is 3.92. The van der Waals surface area contributed by atoms with E-state index in [0.717, 1.165) is 15.4 Å². The second kappa shape index (κ2) is 7.67. The van der Waals surface area contributed by atoms with Crippen molar-refractivity contribution in [1.82, 2.24) is 4.57 Å². The Labute approximate surface area is 161 Å². The van der Waals surface area contributed by atoms with Crippen molar-refractivity contribution in [2.75, 3.05) is 17.7 Å². The standard InChI is InChI=1S/C20H21N3O3S/c1-12-13(2)27-20(23-9-5-6-10-23)18(12)19(25)22-16-11-15(21-14(3)24)7-8-17(16)26-4/h5-11H,1-4H3,(H,21,24)(H,22,25). The normalized spacial score (nSPS) is 10.5. The summed E-state index contributed by atoms with van der Waals surface area (Å²) in [5, 5.41) is 6.50. The second-order valence-corrected chi connectivity index (χ2v) is 7.31. The molecule has 2 aromatic heterocycles. The van der Waals surface area contributed by atoms with Crippen LogP contribution < -0.4 is 15.4 Å². The van der Waals surface area contributed by atoms with Crippen LogP contribution in [0.4, 0.5) is 11.4 Å². The summed E-state index contributed by atoms with van der Waals surface area (Å²) in [4.78, 5) is 25.5. The number of nitrogens with one attached hydrogen (secondary N) is 2. The van der Waals surface area contributed by atoms with Gasteiger partial charge in [-0.25, -0.2) is 0 Å². The summed E-state index contributed by atoms with van der Waals surface area (Å²) in [6.45, 7) is 5.38. The van der Waals surface area contributed by atoms with Crippen LogP contribution in [-0.2, 0) is 4.79 Å². The number of aryl methyl sites for hydroxylation is 1. The molecule has 0 saturated heterocycles. The number of aromatic nitrogens is 1. The first-order chi connectivity index (χ1) is 12.9. The van der Waals surface area contributed by atoms with Crippen molar-refractivity contribution < 1.29 is 14.3 Å². The molecule has 7 heteroatoms. The van der Waals surface area contributed by atoms with Crippen LogP contribution in [0.3, 0.4) is 0 Å². The molecule has 0 unspecified atom stereocenters. The number of amides is 2. The van der Waals surface area contributed by atoms with Gasteiger partial charge in [-0.2, -0.15) is 0 Å². The van der Waals surface area contributed by atoms with Crippen molar-refractivity contribution in [1.29, 1.82) is 0 Å². The first-order valence-corrected chi connectivity index (χ1v) is 9.22. The highest BCUT2D eigenvalue weighted by Crippen LogP contribution is 2.33. The van der Waals surface area contributed by atoms with Gasteiger partial charge in [-0.3, -0.25) is 9.59 Å². The largest absolute Gasteiger partial charge is 0.495 e. The molecule has 0 fully saturated rings. The number of ether oxygens (including phenoxy) is 1. The Hall–Kier alpha value is -3.06. The molecule has 2 amide bonds. The third-order valence-corrected chi connectivity index (χ3v) is 5.42. The van der Waals surface area contributed by atoms with Crippen LogP contribution in [0, 0.1) is 13.8 Å². The first-order valence-electron chi connectivity index (χ1n) is 8.41. The van der Waals surface area contributed by atoms with E-state index in [1.54, 1.807) is 29.5 Å². The van der Waals surface area contributed by atoms with Gasteiger partial charge in [0.2, 0.25) is 5.91 Å². The maximum absolute atomic E-state index is 13.1. The van der Waals surface area contributed by atoms with Gasteiger partial charge < -0.3 is 19.9 Å². The number of hydrogen-bond donors (Lipinski definition) is 2. The topological polar surface area (TPSA) is 72.4 Å². The number of nitrogens with zero attached hydrogens (tertiary/aromatic N) is 1. The van der Waals surface area contributed by atoms with E-state index in [1.807, 2.05) is 42.9 Å². The van der Waals surface area contributed by atoms with Crippen LogP contribution in [0.15, 0.2) is 42.7 Å². The van der Waals surface area contributed by atoms with Crippen LogP contribution in [0.1, 0.15) is 27.7 Å². The molecule has 140 valence electrons. The lowest BCUT2D eigenvalue weighted by Crippen LogP contribution is -2.15. The lowest BCUT2D eigenvalue weighted by atomic mass is 10.1. The number of rotatable bonds is 5. The summed E-state index contributed by atoms with van der Waals surface area (Å²) in [6, 6.07) is 8.96. The van der Waals surface area contributed by atoms with E-state index in [0.29, 0.717) is 22.7 Å². The maximum atomic E-state index is 13.1. The van der Waals surface area contributed by atoms with Gasteiger partial charge in [0.25, 0.3) is 5.91 Å². The Morgan fingerprint density at radius 1 is 1.11 bits per heavy atom. The minimum Gasteiger partial charge on any atom is -0.495 e. The highest BCUT2D eigenvalue weighted by atomic mass is 32.1.